The summed E-state index contributed by atoms with van der Waals surface area (Å²) >= 11 is 3.52. The van der Waals surface area contributed by atoms with Crippen LogP contribution in [0.1, 0.15) is 11.5 Å². The zero-order valence-electron chi connectivity index (χ0n) is 12.8. The second kappa shape index (κ2) is 5.85. The number of nitrogens with two attached hydrogens (primary N) is 2. The largest absolute Gasteiger partial charge is 0.394 e. The molecular formula is C14H21BrN6O. The molecular weight excluding hydrogens is 348 g/mol. The van der Waals surface area contributed by atoms with Gasteiger partial charge < -0.3 is 20.9 Å². The molecule has 3 heterocycles. The van der Waals surface area contributed by atoms with Crippen molar-refractivity contribution in [1.82, 2.24) is 14.6 Å². The minimum Gasteiger partial charge on any atom is -0.394 e. The molecule has 1 aliphatic heterocycles. The lowest BCUT2D eigenvalue weighted by molar-refractivity contribution is 0.164. The van der Waals surface area contributed by atoms with E-state index in [2.05, 4.69) is 30.7 Å². The molecule has 0 radical (unpaired) electrons. The Bertz CT molecular complexity index is 656. The van der Waals surface area contributed by atoms with E-state index < -0.39 is 0 Å². The van der Waals surface area contributed by atoms with Crippen LogP contribution in [0.15, 0.2) is 15.2 Å². The Morgan fingerprint density at radius 2 is 1.95 bits per heavy atom. The van der Waals surface area contributed by atoms with Crippen LogP contribution in [-0.4, -0.2) is 40.8 Å². The van der Waals surface area contributed by atoms with E-state index in [-0.39, 0.29) is 0 Å². The summed E-state index contributed by atoms with van der Waals surface area (Å²) in [5, 5.41) is 0. The Morgan fingerprint density at radius 1 is 1.27 bits per heavy atom. The Kier molecular flexibility index (Phi) is 4.05. The predicted octanol–water partition coefficient (Wildman–Crippen LogP) is 1.57. The summed E-state index contributed by atoms with van der Waals surface area (Å²) in [6.45, 7) is 6.68. The van der Waals surface area contributed by atoms with E-state index in [0.29, 0.717) is 11.5 Å². The number of nitrogens with zero attached hydrogens (tertiary/aromatic N) is 4. The number of pyridine rings is 1. The van der Waals surface area contributed by atoms with Crippen molar-refractivity contribution < 1.29 is 4.52 Å². The van der Waals surface area contributed by atoms with Crippen molar-refractivity contribution in [3.8, 4) is 0 Å². The van der Waals surface area contributed by atoms with Crippen molar-refractivity contribution in [2.45, 2.75) is 13.5 Å². The van der Waals surface area contributed by atoms with E-state index >= 15 is 0 Å². The second-order valence-electron chi connectivity index (χ2n) is 5.61. The first-order valence-corrected chi connectivity index (χ1v) is 8.05. The molecule has 22 heavy (non-hydrogen) atoms. The fourth-order valence-corrected chi connectivity index (χ4v) is 3.44. The van der Waals surface area contributed by atoms with E-state index in [4.69, 9.17) is 16.0 Å². The van der Waals surface area contributed by atoms with E-state index in [1.165, 1.54) is 5.69 Å². The van der Waals surface area contributed by atoms with Crippen molar-refractivity contribution in [3.63, 3.8) is 0 Å². The van der Waals surface area contributed by atoms with Gasteiger partial charge in [-0.1, -0.05) is 0 Å². The highest BCUT2D eigenvalue weighted by Gasteiger charge is 2.23. The second-order valence-corrected chi connectivity index (χ2v) is 6.46. The number of hydrogen-bond acceptors (Lipinski definition) is 6. The molecule has 0 saturated carbocycles. The molecule has 0 bridgehead atoms. The van der Waals surface area contributed by atoms with Crippen molar-refractivity contribution in [1.29, 1.82) is 0 Å². The molecule has 1 aliphatic rings. The molecule has 0 spiro atoms. The maximum Gasteiger partial charge on any atom is 0.153 e. The normalized spacial score (nSPS) is 16.4. The fraction of sp³-hybridized carbons (Fsp3) is 0.500. The lowest BCUT2D eigenvalue weighted by atomic mass is 10.2. The monoisotopic (exact) mass is 368 g/mol. The van der Waals surface area contributed by atoms with Gasteiger partial charge in [-0.25, -0.2) is 9.72 Å². The molecule has 0 amide bonds. The van der Waals surface area contributed by atoms with Gasteiger partial charge in [0.2, 0.25) is 0 Å². The first-order chi connectivity index (χ1) is 10.5. The average molecular weight is 369 g/mol. The van der Waals surface area contributed by atoms with Gasteiger partial charge in [0.15, 0.2) is 5.76 Å². The number of hydrogen-bond donors (Lipinski definition) is 2. The minimum atomic E-state index is 0.384. The summed E-state index contributed by atoms with van der Waals surface area (Å²) in [7, 11) is 1.94. The summed E-state index contributed by atoms with van der Waals surface area (Å²) in [4.78, 5) is 8.75. The number of rotatable bonds is 3. The van der Waals surface area contributed by atoms with Crippen LogP contribution in [0.2, 0.25) is 0 Å². The van der Waals surface area contributed by atoms with Gasteiger partial charge in [-0.15, -0.1) is 0 Å². The van der Waals surface area contributed by atoms with Crippen LogP contribution in [0.3, 0.4) is 0 Å². The molecule has 4 N–H and O–H groups in total. The van der Waals surface area contributed by atoms with E-state index in [0.717, 1.165) is 48.6 Å². The van der Waals surface area contributed by atoms with Crippen molar-refractivity contribution >= 4 is 33.1 Å². The van der Waals surface area contributed by atoms with Gasteiger partial charge >= 0.3 is 0 Å². The maximum absolute atomic E-state index is 6.09. The van der Waals surface area contributed by atoms with Crippen LogP contribution in [-0.2, 0) is 13.6 Å². The minimum absolute atomic E-state index is 0.384. The smallest absolute Gasteiger partial charge is 0.153 e. The number of anilines is 3. The van der Waals surface area contributed by atoms with Crippen molar-refractivity contribution in [3.05, 3.63) is 22.1 Å². The number of piperazine rings is 1. The predicted molar refractivity (Wildman–Crippen MR) is 90.7 cm³/mol. The first-order valence-electron chi connectivity index (χ1n) is 7.25. The van der Waals surface area contributed by atoms with Crippen LogP contribution in [0, 0.1) is 6.92 Å². The fourth-order valence-electron chi connectivity index (χ4n) is 2.88. The summed E-state index contributed by atoms with van der Waals surface area (Å²) in [6, 6.07) is 0. The molecule has 2 aromatic heterocycles. The van der Waals surface area contributed by atoms with Crippen molar-refractivity contribution in [2.75, 3.05) is 42.5 Å². The summed E-state index contributed by atoms with van der Waals surface area (Å²) in [6.07, 6.45) is 1.71. The molecule has 2 aromatic rings. The molecule has 1 saturated heterocycles. The van der Waals surface area contributed by atoms with Gasteiger partial charge in [0.05, 0.1) is 15.8 Å². The highest BCUT2D eigenvalue weighted by Crippen LogP contribution is 2.35. The zero-order chi connectivity index (χ0) is 15.9. The Morgan fingerprint density at radius 3 is 2.55 bits per heavy atom. The SMILES string of the molecule is Cc1on(C)c1CN1CCN(c2c(Br)cnc(N)c2N)CC1. The third kappa shape index (κ3) is 2.68. The molecule has 0 aliphatic carbocycles. The Hall–Kier alpha value is -1.67. The number of halogens is 1. The molecule has 8 heteroatoms. The third-order valence-electron chi connectivity index (χ3n) is 4.20. The summed E-state index contributed by atoms with van der Waals surface area (Å²) in [5.41, 5.74) is 14.7. The zero-order valence-corrected chi connectivity index (χ0v) is 14.4. The van der Waals surface area contributed by atoms with Gasteiger partial charge in [-0.2, -0.15) is 0 Å². The summed E-state index contributed by atoms with van der Waals surface area (Å²) in [5.74, 6) is 1.40. The van der Waals surface area contributed by atoms with E-state index in [1.54, 1.807) is 6.20 Å². The Balaban J connectivity index is 1.67. The van der Waals surface area contributed by atoms with Gasteiger partial charge in [0, 0.05) is 46.0 Å². The van der Waals surface area contributed by atoms with Crippen LogP contribution in [0.25, 0.3) is 0 Å². The quantitative estimate of drug-likeness (QED) is 0.854. The van der Waals surface area contributed by atoms with E-state index in [9.17, 15) is 0 Å². The molecule has 0 atom stereocenters. The molecule has 0 unspecified atom stereocenters. The van der Waals surface area contributed by atoms with Crippen molar-refractivity contribution in [2.24, 2.45) is 7.05 Å². The molecule has 0 aromatic carbocycles. The van der Waals surface area contributed by atoms with Gasteiger partial charge in [-0.05, 0) is 22.9 Å². The van der Waals surface area contributed by atoms with Crippen LogP contribution in [0.5, 0.6) is 0 Å². The van der Waals surface area contributed by atoms with Gasteiger partial charge in [0.25, 0.3) is 0 Å². The number of aromatic nitrogens is 2. The number of nitrogen functional groups attached to an aromatic ring is 2. The Labute approximate surface area is 137 Å². The van der Waals surface area contributed by atoms with Crippen LogP contribution >= 0.6 is 15.9 Å². The van der Waals surface area contributed by atoms with Gasteiger partial charge in [0.1, 0.15) is 11.5 Å². The summed E-state index contributed by atoms with van der Waals surface area (Å²) < 4.78 is 8.08. The third-order valence-corrected chi connectivity index (χ3v) is 4.78. The number of aryl methyl sites for hydroxylation is 2. The topological polar surface area (TPSA) is 89.5 Å². The molecule has 120 valence electrons. The maximum atomic E-state index is 6.09. The van der Waals surface area contributed by atoms with Crippen LogP contribution in [0.4, 0.5) is 17.2 Å². The standard InChI is InChI=1S/C14H21BrN6O/c1-9-11(19(2)22-9)8-20-3-5-21(6-4-20)13-10(15)7-18-14(17)12(13)16/h7H,3-6,8,16H2,1-2H3,(H2,17,18). The van der Waals surface area contributed by atoms with Gasteiger partial charge in [-0.3, -0.25) is 4.90 Å². The average Bonchev–Trinajstić information content (AvgIpc) is 2.50. The van der Waals surface area contributed by atoms with E-state index in [1.807, 2.05) is 18.7 Å². The van der Waals surface area contributed by atoms with Crippen LogP contribution < -0.4 is 16.4 Å². The molecule has 3 rings (SSSR count). The lowest BCUT2D eigenvalue weighted by Crippen LogP contribution is -2.46. The highest BCUT2D eigenvalue weighted by atomic mass is 79.9. The lowest BCUT2D eigenvalue weighted by Gasteiger charge is -2.37. The first kappa shape index (κ1) is 15.2. The molecule has 7 nitrogen and oxygen atoms in total. The highest BCUT2D eigenvalue weighted by molar-refractivity contribution is 9.10. The molecule has 1 fully saturated rings.